The van der Waals surface area contributed by atoms with Gasteiger partial charge in [0, 0.05) is 22.2 Å². The van der Waals surface area contributed by atoms with Gasteiger partial charge in [-0.2, -0.15) is 0 Å². The van der Waals surface area contributed by atoms with Crippen molar-refractivity contribution < 1.29 is 4.79 Å². The molecule has 3 nitrogen and oxygen atoms in total. The fourth-order valence-electron chi connectivity index (χ4n) is 1.04. The number of nitrogens with one attached hydrogen (secondary N) is 1. The van der Waals surface area contributed by atoms with Gasteiger partial charge in [0.2, 0.25) is 5.91 Å². The molecule has 15 heavy (non-hydrogen) atoms. The van der Waals surface area contributed by atoms with Gasteiger partial charge >= 0.3 is 0 Å². The van der Waals surface area contributed by atoms with Gasteiger partial charge in [-0.05, 0) is 19.1 Å². The summed E-state index contributed by atoms with van der Waals surface area (Å²) in [5.41, 5.74) is 6.10. The minimum absolute atomic E-state index is 0.231. The summed E-state index contributed by atoms with van der Waals surface area (Å²) in [7, 11) is 0. The van der Waals surface area contributed by atoms with Crippen molar-refractivity contribution in [3.63, 3.8) is 0 Å². The lowest BCUT2D eigenvalue weighted by Gasteiger charge is -2.10. The average Bonchev–Trinajstić information content (AvgIpc) is 2.16. The van der Waals surface area contributed by atoms with E-state index in [2.05, 4.69) is 5.32 Å². The molecule has 0 bridgehead atoms. The predicted octanol–water partition coefficient (Wildman–Crippen LogP) is 1.96. The Morgan fingerprint density at radius 2 is 2.00 bits per heavy atom. The molecule has 0 radical (unpaired) electrons. The first kappa shape index (κ1) is 12.3. The van der Waals surface area contributed by atoms with Crippen LogP contribution in [0.5, 0.6) is 0 Å². The molecule has 3 N–H and O–H groups in total. The summed E-state index contributed by atoms with van der Waals surface area (Å²) in [6.07, 6.45) is 0. The highest BCUT2D eigenvalue weighted by molar-refractivity contribution is 6.36. The summed E-state index contributed by atoms with van der Waals surface area (Å²) in [6, 6.07) is 4.66. The molecule has 1 amide bonds. The zero-order valence-corrected chi connectivity index (χ0v) is 9.77. The highest BCUT2D eigenvalue weighted by Crippen LogP contribution is 2.23. The molecule has 0 aliphatic carbocycles. The van der Waals surface area contributed by atoms with Gasteiger partial charge in [0.25, 0.3) is 0 Å². The number of nitrogens with two attached hydrogens (primary N) is 1. The van der Waals surface area contributed by atoms with E-state index in [9.17, 15) is 4.79 Å². The summed E-state index contributed by atoms with van der Waals surface area (Å²) in [5, 5.41) is 3.72. The Labute approximate surface area is 98.5 Å². The van der Waals surface area contributed by atoms with E-state index in [0.717, 1.165) is 0 Å². The molecule has 0 unspecified atom stereocenters. The van der Waals surface area contributed by atoms with Crippen LogP contribution < -0.4 is 11.1 Å². The van der Waals surface area contributed by atoms with Gasteiger partial charge in [0.05, 0.1) is 6.04 Å². The van der Waals surface area contributed by atoms with Crippen LogP contribution >= 0.6 is 23.2 Å². The number of carbonyl (C=O) groups is 1. The van der Waals surface area contributed by atoms with Crippen molar-refractivity contribution in [2.75, 3.05) is 0 Å². The third kappa shape index (κ3) is 3.38. The van der Waals surface area contributed by atoms with E-state index in [-0.39, 0.29) is 5.91 Å². The zero-order chi connectivity index (χ0) is 11.4. The molecule has 0 saturated carbocycles. The van der Waals surface area contributed by atoms with E-state index in [1.54, 1.807) is 25.1 Å². The van der Waals surface area contributed by atoms with E-state index < -0.39 is 6.04 Å². The summed E-state index contributed by atoms with van der Waals surface area (Å²) < 4.78 is 0. The van der Waals surface area contributed by atoms with Crippen molar-refractivity contribution in [3.8, 4) is 0 Å². The third-order valence-electron chi connectivity index (χ3n) is 1.91. The van der Waals surface area contributed by atoms with Gasteiger partial charge in [0.1, 0.15) is 0 Å². The number of amides is 1. The van der Waals surface area contributed by atoms with Crippen molar-refractivity contribution in [3.05, 3.63) is 33.8 Å². The standard InChI is InChI=1S/C10H12Cl2N2O/c1-6(13)10(15)14-5-7-8(11)3-2-4-9(7)12/h2-4,6H,5,13H2,1H3,(H,14,15)/t6-/m0/s1. The lowest BCUT2D eigenvalue weighted by Crippen LogP contribution is -2.37. The predicted molar refractivity (Wildman–Crippen MR) is 62.0 cm³/mol. The average molecular weight is 247 g/mol. The maximum absolute atomic E-state index is 11.2. The van der Waals surface area contributed by atoms with Crippen LogP contribution in [0.15, 0.2) is 18.2 Å². The number of carbonyl (C=O) groups excluding carboxylic acids is 1. The van der Waals surface area contributed by atoms with Crippen LogP contribution in [0.25, 0.3) is 0 Å². The summed E-state index contributed by atoms with van der Waals surface area (Å²) in [6.45, 7) is 1.91. The highest BCUT2D eigenvalue weighted by atomic mass is 35.5. The highest BCUT2D eigenvalue weighted by Gasteiger charge is 2.09. The second-order valence-electron chi connectivity index (χ2n) is 3.21. The molecule has 0 aromatic heterocycles. The number of hydrogen-bond acceptors (Lipinski definition) is 2. The molecule has 0 aliphatic heterocycles. The third-order valence-corrected chi connectivity index (χ3v) is 2.62. The molecule has 0 saturated heterocycles. The smallest absolute Gasteiger partial charge is 0.236 e. The first-order valence-electron chi connectivity index (χ1n) is 4.48. The molecule has 1 atom stereocenters. The quantitative estimate of drug-likeness (QED) is 0.857. The van der Waals surface area contributed by atoms with Crippen LogP contribution in [-0.4, -0.2) is 11.9 Å². The van der Waals surface area contributed by atoms with Crippen LogP contribution in [0.4, 0.5) is 0 Å². The van der Waals surface area contributed by atoms with Crippen LogP contribution in [0, 0.1) is 0 Å². The van der Waals surface area contributed by atoms with E-state index >= 15 is 0 Å². The Bertz CT molecular complexity index is 346. The number of halogens is 2. The van der Waals surface area contributed by atoms with Crippen LogP contribution in [-0.2, 0) is 11.3 Å². The topological polar surface area (TPSA) is 55.1 Å². The number of rotatable bonds is 3. The Morgan fingerprint density at radius 3 is 2.47 bits per heavy atom. The minimum Gasteiger partial charge on any atom is -0.351 e. The first-order valence-corrected chi connectivity index (χ1v) is 5.24. The molecule has 0 heterocycles. The second kappa shape index (κ2) is 5.35. The van der Waals surface area contributed by atoms with E-state index in [4.69, 9.17) is 28.9 Å². The molecule has 1 rings (SSSR count). The fourth-order valence-corrected chi connectivity index (χ4v) is 1.57. The lowest BCUT2D eigenvalue weighted by molar-refractivity contribution is -0.122. The Morgan fingerprint density at radius 1 is 1.47 bits per heavy atom. The molecule has 0 aliphatic rings. The van der Waals surface area contributed by atoms with Gasteiger partial charge in [0.15, 0.2) is 0 Å². The summed E-state index contributed by atoms with van der Waals surface area (Å²) >= 11 is 11.9. The molecular weight excluding hydrogens is 235 g/mol. The molecule has 1 aromatic rings. The second-order valence-corrected chi connectivity index (χ2v) is 4.02. The molecule has 82 valence electrons. The van der Waals surface area contributed by atoms with Gasteiger partial charge in [-0.1, -0.05) is 29.3 Å². The number of hydrogen-bond donors (Lipinski definition) is 2. The van der Waals surface area contributed by atoms with Crippen LogP contribution in [0.2, 0.25) is 10.0 Å². The SMILES string of the molecule is C[C@H](N)C(=O)NCc1c(Cl)cccc1Cl. The normalized spacial score (nSPS) is 12.3. The van der Waals surface area contributed by atoms with Gasteiger partial charge in [-0.25, -0.2) is 0 Å². The van der Waals surface area contributed by atoms with Gasteiger partial charge in [-0.15, -0.1) is 0 Å². The van der Waals surface area contributed by atoms with Crippen molar-refractivity contribution in [2.24, 2.45) is 5.73 Å². The number of benzene rings is 1. The fraction of sp³-hybridized carbons (Fsp3) is 0.300. The monoisotopic (exact) mass is 246 g/mol. The Hall–Kier alpha value is -0.770. The molecule has 0 fully saturated rings. The van der Waals surface area contributed by atoms with Crippen molar-refractivity contribution in [1.29, 1.82) is 0 Å². The van der Waals surface area contributed by atoms with Crippen LogP contribution in [0.3, 0.4) is 0 Å². The minimum atomic E-state index is -0.536. The van der Waals surface area contributed by atoms with Gasteiger partial charge < -0.3 is 11.1 Å². The van der Waals surface area contributed by atoms with Crippen molar-refractivity contribution in [1.82, 2.24) is 5.32 Å². The maximum atomic E-state index is 11.2. The maximum Gasteiger partial charge on any atom is 0.236 e. The van der Waals surface area contributed by atoms with E-state index in [1.807, 2.05) is 0 Å². The molecule has 0 spiro atoms. The summed E-state index contributed by atoms with van der Waals surface area (Å²) in [5.74, 6) is -0.231. The largest absolute Gasteiger partial charge is 0.351 e. The van der Waals surface area contributed by atoms with Crippen molar-refractivity contribution >= 4 is 29.1 Å². The van der Waals surface area contributed by atoms with Crippen LogP contribution in [0.1, 0.15) is 12.5 Å². The molecular formula is C10H12Cl2N2O. The molecule has 5 heteroatoms. The zero-order valence-electron chi connectivity index (χ0n) is 8.26. The van der Waals surface area contributed by atoms with E-state index in [0.29, 0.717) is 22.2 Å². The van der Waals surface area contributed by atoms with E-state index in [1.165, 1.54) is 0 Å². The first-order chi connectivity index (χ1) is 7.02. The summed E-state index contributed by atoms with van der Waals surface area (Å²) in [4.78, 5) is 11.2. The van der Waals surface area contributed by atoms with Crippen molar-refractivity contribution in [2.45, 2.75) is 19.5 Å². The lowest BCUT2D eigenvalue weighted by atomic mass is 10.2. The van der Waals surface area contributed by atoms with Gasteiger partial charge in [-0.3, -0.25) is 4.79 Å². The Kier molecular flexibility index (Phi) is 4.39. The Balaban J connectivity index is 2.69. The molecule has 1 aromatic carbocycles.